The summed E-state index contributed by atoms with van der Waals surface area (Å²) >= 11 is 0. The van der Waals surface area contributed by atoms with Gasteiger partial charge in [0.15, 0.2) is 0 Å². The number of likely N-dealkylation sites (tertiary alicyclic amines) is 1. The highest BCUT2D eigenvalue weighted by molar-refractivity contribution is 5.89. The van der Waals surface area contributed by atoms with E-state index < -0.39 is 5.97 Å². The van der Waals surface area contributed by atoms with E-state index in [4.69, 9.17) is 5.10 Å². The van der Waals surface area contributed by atoms with Gasteiger partial charge in [-0.1, -0.05) is 37.3 Å². The van der Waals surface area contributed by atoms with Gasteiger partial charge >= 0.3 is 5.97 Å². The van der Waals surface area contributed by atoms with Crippen LogP contribution in [0.25, 0.3) is 11.1 Å². The molecule has 1 aliphatic heterocycles. The molecule has 1 N–H and O–H groups in total. The van der Waals surface area contributed by atoms with Crippen molar-refractivity contribution in [3.05, 3.63) is 71.8 Å². The molecule has 3 heterocycles. The van der Waals surface area contributed by atoms with Crippen molar-refractivity contribution in [2.45, 2.75) is 19.4 Å². The maximum atomic E-state index is 11.6. The number of hydrogen-bond acceptors (Lipinski definition) is 4. The first-order valence-corrected chi connectivity index (χ1v) is 9.51. The van der Waals surface area contributed by atoms with E-state index in [1.165, 1.54) is 6.20 Å². The molecule has 1 fully saturated rings. The van der Waals surface area contributed by atoms with Crippen LogP contribution >= 0.6 is 0 Å². The van der Waals surface area contributed by atoms with E-state index in [0.717, 1.165) is 29.9 Å². The highest BCUT2D eigenvalue weighted by atomic mass is 16.4. The Bertz CT molecular complexity index is 983. The van der Waals surface area contributed by atoms with E-state index in [0.29, 0.717) is 23.9 Å². The standard InChI is InChI=1S/C22H24N4O2/c1-15-12-25(2)14-21(15)26-13-19(16-6-4-3-5-7-16)20(24-26)10-17-11-23-9-8-18(17)22(27)28/h3-9,11,13,15,21H,10,12,14H2,1-2H3,(H,27,28)/t15-,21?/m1/s1. The second kappa shape index (κ2) is 7.56. The zero-order valence-electron chi connectivity index (χ0n) is 16.1. The van der Waals surface area contributed by atoms with Crippen molar-refractivity contribution in [1.29, 1.82) is 0 Å². The summed E-state index contributed by atoms with van der Waals surface area (Å²) in [6, 6.07) is 12.0. The van der Waals surface area contributed by atoms with Gasteiger partial charge in [0.25, 0.3) is 0 Å². The molecule has 6 heteroatoms. The summed E-state index contributed by atoms with van der Waals surface area (Å²) in [5.74, 6) is -0.432. The fraction of sp³-hybridized carbons (Fsp3) is 0.318. The second-order valence-corrected chi connectivity index (χ2v) is 7.62. The van der Waals surface area contributed by atoms with Gasteiger partial charge in [0.05, 0.1) is 17.3 Å². The van der Waals surface area contributed by atoms with Crippen LogP contribution in [0.15, 0.2) is 55.0 Å². The third-order valence-corrected chi connectivity index (χ3v) is 5.48. The molecule has 1 aromatic carbocycles. The van der Waals surface area contributed by atoms with Crippen molar-refractivity contribution in [3.8, 4) is 11.1 Å². The lowest BCUT2D eigenvalue weighted by molar-refractivity contribution is 0.0695. The average molecular weight is 376 g/mol. The molecule has 2 aromatic heterocycles. The van der Waals surface area contributed by atoms with Crippen LogP contribution in [0.1, 0.15) is 34.6 Å². The Morgan fingerprint density at radius 1 is 1.21 bits per heavy atom. The zero-order chi connectivity index (χ0) is 19.7. The first kappa shape index (κ1) is 18.4. The van der Waals surface area contributed by atoms with Gasteiger partial charge in [-0.05, 0) is 30.2 Å². The number of nitrogens with zero attached hydrogens (tertiary/aromatic N) is 4. The molecule has 1 unspecified atom stereocenters. The number of benzene rings is 1. The number of rotatable bonds is 5. The van der Waals surface area contributed by atoms with Gasteiger partial charge in [0, 0.05) is 43.7 Å². The quantitative estimate of drug-likeness (QED) is 0.739. The fourth-order valence-electron chi connectivity index (χ4n) is 4.08. The highest BCUT2D eigenvalue weighted by Crippen LogP contribution is 2.31. The van der Waals surface area contributed by atoms with Crippen LogP contribution in [0.3, 0.4) is 0 Å². The van der Waals surface area contributed by atoms with E-state index in [9.17, 15) is 9.90 Å². The predicted octanol–water partition coefficient (Wildman–Crippen LogP) is 3.36. The third-order valence-electron chi connectivity index (χ3n) is 5.48. The Morgan fingerprint density at radius 3 is 2.68 bits per heavy atom. The Morgan fingerprint density at radius 2 is 2.00 bits per heavy atom. The molecule has 1 saturated heterocycles. The predicted molar refractivity (Wildman–Crippen MR) is 107 cm³/mol. The number of carbonyl (C=O) groups is 1. The molecule has 0 saturated carbocycles. The van der Waals surface area contributed by atoms with Crippen LogP contribution in [-0.2, 0) is 6.42 Å². The van der Waals surface area contributed by atoms with E-state index in [1.807, 2.05) is 18.2 Å². The first-order chi connectivity index (χ1) is 13.5. The molecule has 6 nitrogen and oxygen atoms in total. The average Bonchev–Trinajstić information content (AvgIpc) is 3.25. The summed E-state index contributed by atoms with van der Waals surface area (Å²) in [5.41, 5.74) is 3.96. The Balaban J connectivity index is 1.76. The summed E-state index contributed by atoms with van der Waals surface area (Å²) in [4.78, 5) is 18.1. The van der Waals surface area contributed by atoms with Crippen molar-refractivity contribution in [3.63, 3.8) is 0 Å². The van der Waals surface area contributed by atoms with Crippen LogP contribution in [0.5, 0.6) is 0 Å². The SMILES string of the molecule is C[C@@H]1CN(C)CC1n1cc(-c2ccccc2)c(Cc2cnccc2C(=O)O)n1. The molecule has 2 atom stereocenters. The molecule has 0 spiro atoms. The van der Waals surface area contributed by atoms with Gasteiger partial charge in [-0.25, -0.2) is 4.79 Å². The van der Waals surface area contributed by atoms with E-state index in [-0.39, 0.29) is 5.56 Å². The monoisotopic (exact) mass is 376 g/mol. The van der Waals surface area contributed by atoms with E-state index in [1.54, 1.807) is 12.3 Å². The van der Waals surface area contributed by atoms with Crippen LogP contribution in [0.2, 0.25) is 0 Å². The number of pyridine rings is 1. The maximum absolute atomic E-state index is 11.6. The van der Waals surface area contributed by atoms with E-state index >= 15 is 0 Å². The van der Waals surface area contributed by atoms with Crippen LogP contribution < -0.4 is 0 Å². The highest BCUT2D eigenvalue weighted by Gasteiger charge is 2.30. The number of hydrogen-bond donors (Lipinski definition) is 1. The molecular weight excluding hydrogens is 352 g/mol. The van der Waals surface area contributed by atoms with Crippen molar-refractivity contribution < 1.29 is 9.90 Å². The molecule has 0 amide bonds. The minimum atomic E-state index is -0.941. The lowest BCUT2D eigenvalue weighted by atomic mass is 10.00. The molecule has 144 valence electrons. The lowest BCUT2D eigenvalue weighted by Crippen LogP contribution is -2.18. The molecule has 1 aliphatic rings. The summed E-state index contributed by atoms with van der Waals surface area (Å²) in [7, 11) is 2.13. The van der Waals surface area contributed by atoms with Crippen LogP contribution in [0, 0.1) is 5.92 Å². The fourth-order valence-corrected chi connectivity index (χ4v) is 4.08. The molecule has 0 aliphatic carbocycles. The minimum absolute atomic E-state index is 0.275. The summed E-state index contributed by atoms with van der Waals surface area (Å²) in [6.45, 7) is 4.26. The topological polar surface area (TPSA) is 71.2 Å². The summed E-state index contributed by atoms with van der Waals surface area (Å²) in [6.07, 6.45) is 5.69. The normalized spacial score (nSPS) is 19.8. The van der Waals surface area contributed by atoms with Gasteiger partial charge in [-0.15, -0.1) is 0 Å². The van der Waals surface area contributed by atoms with E-state index in [2.05, 4.69) is 46.9 Å². The zero-order valence-corrected chi connectivity index (χ0v) is 16.1. The van der Waals surface area contributed by atoms with Crippen molar-refractivity contribution in [2.75, 3.05) is 20.1 Å². The molecule has 0 radical (unpaired) electrons. The van der Waals surface area contributed by atoms with Gasteiger partial charge in [0.1, 0.15) is 0 Å². The number of likely N-dealkylation sites (N-methyl/N-ethyl adjacent to an activating group) is 1. The minimum Gasteiger partial charge on any atom is -0.478 e. The number of carboxylic acids is 1. The number of aromatic nitrogens is 3. The second-order valence-electron chi connectivity index (χ2n) is 7.62. The number of aromatic carboxylic acids is 1. The maximum Gasteiger partial charge on any atom is 0.336 e. The summed E-state index contributed by atoms with van der Waals surface area (Å²) in [5, 5.41) is 14.4. The third kappa shape index (κ3) is 3.55. The molecular formula is C22H24N4O2. The van der Waals surface area contributed by atoms with Crippen molar-refractivity contribution in [1.82, 2.24) is 19.7 Å². The smallest absolute Gasteiger partial charge is 0.336 e. The molecule has 0 bridgehead atoms. The van der Waals surface area contributed by atoms with Gasteiger partial charge in [-0.2, -0.15) is 5.10 Å². The van der Waals surface area contributed by atoms with Crippen LogP contribution in [0.4, 0.5) is 0 Å². The summed E-state index contributed by atoms with van der Waals surface area (Å²) < 4.78 is 2.07. The first-order valence-electron chi connectivity index (χ1n) is 9.51. The Kier molecular flexibility index (Phi) is 4.96. The lowest BCUT2D eigenvalue weighted by Gasteiger charge is -2.14. The molecule has 28 heavy (non-hydrogen) atoms. The van der Waals surface area contributed by atoms with Gasteiger partial charge in [-0.3, -0.25) is 9.67 Å². The van der Waals surface area contributed by atoms with Gasteiger partial charge < -0.3 is 10.0 Å². The van der Waals surface area contributed by atoms with Gasteiger partial charge in [0.2, 0.25) is 0 Å². The molecule has 4 rings (SSSR count). The number of carboxylic acid groups (broad SMARTS) is 1. The Hall–Kier alpha value is -2.99. The van der Waals surface area contributed by atoms with Crippen molar-refractivity contribution >= 4 is 5.97 Å². The van der Waals surface area contributed by atoms with Crippen molar-refractivity contribution in [2.24, 2.45) is 5.92 Å². The molecule has 3 aromatic rings. The largest absolute Gasteiger partial charge is 0.478 e. The Labute approximate surface area is 164 Å². The van der Waals surface area contributed by atoms with Crippen LogP contribution in [-0.4, -0.2) is 50.9 Å².